The van der Waals surface area contributed by atoms with Gasteiger partial charge in [-0.25, -0.2) is 19.2 Å². The molecule has 604 valence electrons. The molecule has 16 rings (SSSR count). The molecule has 8 aliphatic rings. The van der Waals surface area contributed by atoms with Gasteiger partial charge in [0.05, 0.1) is 80.0 Å². The van der Waals surface area contributed by atoms with E-state index in [1.165, 1.54) is 48.0 Å². The highest BCUT2D eigenvalue weighted by Gasteiger charge is 2.52. The number of carbonyl (C=O) groups is 12. The number of aryl methyl sites for hydroxylation is 1. The van der Waals surface area contributed by atoms with Crippen molar-refractivity contribution in [2.45, 2.75) is 62.2 Å². The predicted octanol–water partition coefficient (Wildman–Crippen LogP) is 5.71. The number of amides is 16. The molecular weight excluding hydrogens is 1540 g/mol. The van der Waals surface area contributed by atoms with Crippen molar-refractivity contribution in [1.29, 1.82) is 5.26 Å². The quantitative estimate of drug-likeness (QED) is 0.0450. The van der Waals surface area contributed by atoms with Crippen molar-refractivity contribution >= 4 is 71.4 Å². The molecule has 0 radical (unpaired) electrons. The van der Waals surface area contributed by atoms with E-state index >= 15 is 0 Å². The van der Waals surface area contributed by atoms with Crippen LogP contribution in [0.3, 0.4) is 0 Å². The molecule has 0 spiro atoms. The summed E-state index contributed by atoms with van der Waals surface area (Å²) in [5.41, 5.74) is 3.22. The lowest BCUT2D eigenvalue weighted by molar-refractivity contribution is -0.123. The second kappa shape index (κ2) is 34.6. The van der Waals surface area contributed by atoms with Crippen LogP contribution in [0.1, 0.15) is 104 Å². The van der Waals surface area contributed by atoms with Crippen LogP contribution in [0.15, 0.2) is 170 Å². The van der Waals surface area contributed by atoms with Gasteiger partial charge in [0, 0.05) is 70.7 Å². The first-order valence-electron chi connectivity index (χ1n) is 37.2. The minimum absolute atomic E-state index is 0.0563. The molecule has 4 fully saturated rings. The van der Waals surface area contributed by atoms with Crippen LogP contribution >= 0.6 is 0 Å². The molecule has 0 aliphatic carbocycles. The van der Waals surface area contributed by atoms with Crippen molar-refractivity contribution in [1.82, 2.24) is 62.1 Å². The SMILES string of the molecule is CCOc1cccc(C#C[C@]2(CN3Cc4ccc(OC)cc4C3=O)NC(=O)NC2=O)c1.COc1ccc(C#C[C@]2(CN3Cc4ccc(OC)cc4C3=O)NC(=O)NC2=O)cc1.COc1ccc2c(c1)C(=O)N(C[C@@]1(C#Cc3ccc(C#N)cc3)NC(=O)NC1=O)C2.COc1ccc2c(c1)C(=O)N(C[C@@]1(C#Cc3cccc(C)c3)NC(=O)NC1=O)C2. The van der Waals surface area contributed by atoms with Crippen LogP contribution in [0.4, 0.5) is 19.2 Å². The van der Waals surface area contributed by atoms with Crippen molar-refractivity contribution in [2.24, 2.45) is 0 Å². The highest BCUT2D eigenvalue weighted by Crippen LogP contribution is 2.34. The van der Waals surface area contributed by atoms with E-state index in [2.05, 4.69) is 89.9 Å². The number of carbonyl (C=O) groups excluding carboxylic acids is 12. The number of urea groups is 4. The van der Waals surface area contributed by atoms with Crippen LogP contribution in [0.5, 0.6) is 34.5 Å². The largest absolute Gasteiger partial charge is 0.497 e. The molecule has 0 unspecified atom stereocenters. The van der Waals surface area contributed by atoms with E-state index in [1.54, 1.807) is 128 Å². The summed E-state index contributed by atoms with van der Waals surface area (Å²) >= 11 is 0. The van der Waals surface area contributed by atoms with Gasteiger partial charge in [-0.1, -0.05) is 89.8 Å². The molecule has 120 heavy (non-hydrogen) atoms. The Morgan fingerprint density at radius 1 is 0.333 bits per heavy atom. The van der Waals surface area contributed by atoms with E-state index in [0.29, 0.717) is 112 Å². The van der Waals surface area contributed by atoms with Crippen LogP contribution in [-0.2, 0) is 45.4 Å². The van der Waals surface area contributed by atoms with Crippen LogP contribution < -0.4 is 71.0 Å². The van der Waals surface area contributed by atoms with E-state index < -0.39 is 69.9 Å². The Balaban J connectivity index is 0.000000138. The molecular formula is C89H75N13O18. The molecule has 8 aromatic rings. The number of nitrogens with zero attached hydrogens (tertiary/aromatic N) is 5. The van der Waals surface area contributed by atoms with E-state index in [-0.39, 0.29) is 49.8 Å². The maximum absolute atomic E-state index is 12.9. The summed E-state index contributed by atoms with van der Waals surface area (Å²) in [6, 6.07) is 48.6. The van der Waals surface area contributed by atoms with Gasteiger partial charge >= 0.3 is 24.1 Å². The monoisotopic (exact) mass is 1610 g/mol. The van der Waals surface area contributed by atoms with Gasteiger partial charge < -0.3 is 69.3 Å². The average Bonchev–Trinajstić information content (AvgIpc) is 1.63. The van der Waals surface area contributed by atoms with Crippen LogP contribution in [0.2, 0.25) is 0 Å². The molecule has 8 aliphatic heterocycles. The summed E-state index contributed by atoms with van der Waals surface area (Å²) in [5.74, 6) is 23.5. The zero-order valence-corrected chi connectivity index (χ0v) is 65.6. The molecule has 0 bridgehead atoms. The number of benzene rings is 8. The molecule has 0 aromatic heterocycles. The second-order valence-electron chi connectivity index (χ2n) is 28.2. The van der Waals surface area contributed by atoms with Gasteiger partial charge in [-0.3, -0.25) is 59.6 Å². The topological polar surface area (TPSA) is 393 Å². The van der Waals surface area contributed by atoms with Crippen molar-refractivity contribution < 1.29 is 86.0 Å². The van der Waals surface area contributed by atoms with Crippen molar-refractivity contribution in [2.75, 3.05) is 68.3 Å². The van der Waals surface area contributed by atoms with Gasteiger partial charge in [-0.05, 0) is 169 Å². The van der Waals surface area contributed by atoms with Gasteiger partial charge in [0.25, 0.3) is 47.3 Å². The Labute approximate surface area is 687 Å². The smallest absolute Gasteiger partial charge is 0.323 e. The number of hydrogen-bond donors (Lipinski definition) is 8. The summed E-state index contributed by atoms with van der Waals surface area (Å²) in [7, 11) is 7.68. The number of hydrogen-bond acceptors (Lipinski definition) is 19. The van der Waals surface area contributed by atoms with E-state index in [1.807, 2.05) is 68.4 Å². The zero-order chi connectivity index (χ0) is 85.2. The fourth-order valence-corrected chi connectivity index (χ4v) is 14.0. The standard InChI is InChI=1S/C23H21N3O5.C22H16N4O4.C22H19N3O5.C22H19N3O4/c1-3-31-18-6-4-5-15(11-18)9-10-23(21(28)24-22(29)25-23)14-26-13-16-7-8-17(30-2)12-19(16)20(26)27;1-30-17-7-6-16-12-26(19(27)18(16)10-17)13-22(20(28)24-21(29)25-22)9-8-14-2-4-15(11-23)5-3-14;1-29-16-6-3-14(4-7-16)9-10-22(20(27)23-21(28)24-22)13-25-12-15-5-8-17(30-2)11-18(15)19(25)26;1-14-4-3-5-15(10-14)8-9-22(20(27)23-21(28)24-22)13-25-12-16-6-7-17(29-2)11-18(16)19(25)26/h4-8,11-12H,3,13-14H2,1-2H3,(H2,24,25,28,29);2-7,10H,12-13H2,1H3,(H2,24,25,28,29);3-8,11H,12-13H2,1-2H3,(H2,23,24,27,28);3-7,10-11H,12-13H2,1-2H3,(H2,23,24,27,28)/t23-;3*22-/m1111/s1. The highest BCUT2D eigenvalue weighted by atomic mass is 16.5. The number of methoxy groups -OCH3 is 5. The molecule has 8 aromatic carbocycles. The van der Waals surface area contributed by atoms with Gasteiger partial charge in [-0.2, -0.15) is 5.26 Å². The highest BCUT2D eigenvalue weighted by molar-refractivity contribution is 6.13. The first-order chi connectivity index (χ1) is 57.7. The number of imide groups is 4. The summed E-state index contributed by atoms with van der Waals surface area (Å²) in [5, 5.41) is 28.1. The Hall–Kier alpha value is -16.1. The van der Waals surface area contributed by atoms with Crippen LogP contribution in [0, 0.1) is 65.6 Å². The molecule has 8 heterocycles. The average molecular weight is 1610 g/mol. The van der Waals surface area contributed by atoms with Crippen molar-refractivity contribution in [3.8, 4) is 87.9 Å². The number of ether oxygens (including phenoxy) is 6. The van der Waals surface area contributed by atoms with E-state index in [4.69, 9.17) is 33.7 Å². The van der Waals surface area contributed by atoms with E-state index in [9.17, 15) is 57.5 Å². The third-order valence-corrected chi connectivity index (χ3v) is 20.2. The molecule has 31 heteroatoms. The number of fused-ring (bicyclic) bond motifs is 4. The fourth-order valence-electron chi connectivity index (χ4n) is 14.0. The first-order valence-corrected chi connectivity index (χ1v) is 37.2. The second-order valence-corrected chi connectivity index (χ2v) is 28.2. The first kappa shape index (κ1) is 81.9. The molecule has 16 amide bonds. The summed E-state index contributed by atoms with van der Waals surface area (Å²) in [6.07, 6.45) is 0. The lowest BCUT2D eigenvalue weighted by Crippen LogP contribution is -2.54. The van der Waals surface area contributed by atoms with Crippen LogP contribution in [0.25, 0.3) is 0 Å². The van der Waals surface area contributed by atoms with Gasteiger partial charge in [0.1, 0.15) is 34.5 Å². The molecule has 0 saturated carbocycles. The Morgan fingerprint density at radius 2 is 0.617 bits per heavy atom. The summed E-state index contributed by atoms with van der Waals surface area (Å²) in [6.45, 7) is 5.26. The summed E-state index contributed by atoms with van der Waals surface area (Å²) < 4.78 is 31.4. The zero-order valence-electron chi connectivity index (χ0n) is 65.6. The third kappa shape index (κ3) is 17.6. The normalized spacial score (nSPS) is 19.5. The molecule has 4 saturated heterocycles. The number of nitrogens with one attached hydrogen (secondary N) is 8. The Morgan fingerprint density at radius 3 is 0.900 bits per heavy atom. The Bertz CT molecular complexity index is 5940. The molecule has 4 atom stereocenters. The van der Waals surface area contributed by atoms with Gasteiger partial charge in [0.2, 0.25) is 22.2 Å². The van der Waals surface area contributed by atoms with Crippen molar-refractivity contribution in [3.63, 3.8) is 0 Å². The third-order valence-electron chi connectivity index (χ3n) is 20.2. The van der Waals surface area contributed by atoms with E-state index in [0.717, 1.165) is 33.4 Å². The van der Waals surface area contributed by atoms with Crippen LogP contribution in [-0.4, -0.2) is 181 Å². The predicted molar refractivity (Wildman–Crippen MR) is 429 cm³/mol. The lowest BCUT2D eigenvalue weighted by Gasteiger charge is -2.26. The minimum atomic E-state index is -1.58. The number of rotatable bonds is 15. The fraction of sp³-hybridized carbons (Fsp3) is 0.225. The lowest BCUT2D eigenvalue weighted by atomic mass is 9.99. The maximum atomic E-state index is 12.9. The molecule has 8 N–H and O–H groups in total. The maximum Gasteiger partial charge on any atom is 0.323 e. The Kier molecular flexibility index (Phi) is 23.6. The number of nitriles is 1. The summed E-state index contributed by atoms with van der Waals surface area (Å²) in [4.78, 5) is 156. The van der Waals surface area contributed by atoms with Crippen molar-refractivity contribution in [3.05, 3.63) is 248 Å². The van der Waals surface area contributed by atoms with Gasteiger partial charge in [-0.15, -0.1) is 0 Å². The minimum Gasteiger partial charge on any atom is -0.497 e. The van der Waals surface area contributed by atoms with Gasteiger partial charge in [0.15, 0.2) is 0 Å². The molecule has 31 nitrogen and oxygen atoms in total.